The summed E-state index contributed by atoms with van der Waals surface area (Å²) in [6, 6.07) is 7.43. The highest BCUT2D eigenvalue weighted by Crippen LogP contribution is 2.15. The van der Waals surface area contributed by atoms with E-state index in [1.54, 1.807) is 6.07 Å². The Hall–Kier alpha value is -2.08. The zero-order valence-electron chi connectivity index (χ0n) is 9.69. The van der Waals surface area contributed by atoms with Gasteiger partial charge in [0.1, 0.15) is 23.5 Å². The minimum absolute atomic E-state index is 0.0603. The summed E-state index contributed by atoms with van der Waals surface area (Å²) in [5, 5.41) is 9.28. The van der Waals surface area contributed by atoms with Crippen molar-refractivity contribution in [3.8, 4) is 6.07 Å². The van der Waals surface area contributed by atoms with Crippen LogP contribution in [0.25, 0.3) is 11.0 Å². The largest absolute Gasteiger partial charge is 0.463 e. The number of hydrogen-bond donors (Lipinski definition) is 0. The molecule has 86 valence electrons. The van der Waals surface area contributed by atoms with Crippen LogP contribution in [0.15, 0.2) is 33.7 Å². The van der Waals surface area contributed by atoms with Crippen molar-refractivity contribution in [2.75, 3.05) is 0 Å². The molecule has 3 nitrogen and oxygen atoms in total. The molecule has 0 unspecified atom stereocenters. The second-order valence-electron chi connectivity index (χ2n) is 4.02. The normalized spacial score (nSPS) is 10.4. The summed E-state index contributed by atoms with van der Waals surface area (Å²) in [6.45, 7) is 2.13. The van der Waals surface area contributed by atoms with E-state index in [-0.39, 0.29) is 11.0 Å². The first-order chi connectivity index (χ1) is 8.26. The van der Waals surface area contributed by atoms with E-state index in [1.165, 1.54) is 6.26 Å². The van der Waals surface area contributed by atoms with Gasteiger partial charge in [-0.1, -0.05) is 19.4 Å². The van der Waals surface area contributed by atoms with E-state index in [1.807, 2.05) is 18.2 Å². The zero-order chi connectivity index (χ0) is 12.3. The van der Waals surface area contributed by atoms with Crippen LogP contribution in [-0.4, -0.2) is 0 Å². The Morgan fingerprint density at radius 2 is 2.24 bits per heavy atom. The van der Waals surface area contributed by atoms with E-state index in [9.17, 15) is 4.79 Å². The first-order valence-electron chi connectivity index (χ1n) is 5.70. The van der Waals surface area contributed by atoms with E-state index in [0.29, 0.717) is 11.0 Å². The molecule has 0 atom stereocenters. The summed E-state index contributed by atoms with van der Waals surface area (Å²) >= 11 is 0. The maximum absolute atomic E-state index is 11.9. The van der Waals surface area contributed by atoms with Crippen LogP contribution in [0, 0.1) is 11.3 Å². The minimum Gasteiger partial charge on any atom is -0.463 e. The Morgan fingerprint density at radius 3 is 2.94 bits per heavy atom. The number of nitriles is 1. The van der Waals surface area contributed by atoms with Crippen molar-refractivity contribution in [2.24, 2.45) is 0 Å². The van der Waals surface area contributed by atoms with Crippen molar-refractivity contribution in [3.05, 3.63) is 45.8 Å². The predicted molar refractivity (Wildman–Crippen MR) is 65.8 cm³/mol. The lowest BCUT2D eigenvalue weighted by molar-refractivity contribution is 0.600. The molecule has 0 saturated heterocycles. The summed E-state index contributed by atoms with van der Waals surface area (Å²) in [5.41, 5.74) is 1.47. The lowest BCUT2D eigenvalue weighted by Gasteiger charge is -2.02. The number of fused-ring (bicyclic) bond motifs is 1. The molecule has 0 N–H and O–H groups in total. The summed E-state index contributed by atoms with van der Waals surface area (Å²) in [6.07, 6.45) is 4.37. The van der Waals surface area contributed by atoms with Gasteiger partial charge in [-0.25, -0.2) is 0 Å². The summed E-state index contributed by atoms with van der Waals surface area (Å²) in [7, 11) is 0. The molecule has 1 aromatic carbocycles. The zero-order valence-corrected chi connectivity index (χ0v) is 9.69. The molecule has 0 aliphatic carbocycles. The minimum atomic E-state index is -0.243. The molecular formula is C14H13NO2. The molecule has 0 bridgehead atoms. The van der Waals surface area contributed by atoms with Gasteiger partial charge in [0.2, 0.25) is 5.43 Å². The number of unbranched alkanes of at least 4 members (excludes halogenated alkanes) is 1. The molecule has 0 spiro atoms. The third-order valence-corrected chi connectivity index (χ3v) is 2.78. The second kappa shape index (κ2) is 4.84. The summed E-state index contributed by atoms with van der Waals surface area (Å²) < 4.78 is 5.25. The van der Waals surface area contributed by atoms with Crippen molar-refractivity contribution in [3.63, 3.8) is 0 Å². The molecule has 0 aliphatic rings. The van der Waals surface area contributed by atoms with E-state index in [0.717, 1.165) is 24.8 Å². The van der Waals surface area contributed by atoms with Crippen LogP contribution < -0.4 is 5.43 Å². The van der Waals surface area contributed by atoms with E-state index in [2.05, 4.69) is 6.92 Å². The Morgan fingerprint density at radius 1 is 1.41 bits per heavy atom. The number of nitrogens with zero attached hydrogens (tertiary/aromatic N) is 1. The Kier molecular flexibility index (Phi) is 3.24. The lowest BCUT2D eigenvalue weighted by atomic mass is 10.1. The SMILES string of the molecule is CCCCc1ccc2occ(C#N)c(=O)c2c1. The molecule has 3 heteroatoms. The van der Waals surface area contributed by atoms with Gasteiger partial charge in [-0.2, -0.15) is 5.26 Å². The first kappa shape index (κ1) is 11.4. The van der Waals surface area contributed by atoms with Gasteiger partial charge in [-0.05, 0) is 30.5 Å². The smallest absolute Gasteiger partial charge is 0.210 e. The molecule has 1 heterocycles. The van der Waals surface area contributed by atoms with Gasteiger partial charge in [0.15, 0.2) is 0 Å². The van der Waals surface area contributed by atoms with Crippen LogP contribution in [0.5, 0.6) is 0 Å². The van der Waals surface area contributed by atoms with Gasteiger partial charge in [0.05, 0.1) is 5.39 Å². The topological polar surface area (TPSA) is 54.0 Å². The molecule has 2 rings (SSSR count). The molecular weight excluding hydrogens is 214 g/mol. The molecule has 0 amide bonds. The fourth-order valence-electron chi connectivity index (χ4n) is 1.79. The number of aryl methyl sites for hydroxylation is 1. The van der Waals surface area contributed by atoms with Gasteiger partial charge in [0.25, 0.3) is 0 Å². The summed E-state index contributed by atoms with van der Waals surface area (Å²) in [4.78, 5) is 11.9. The number of hydrogen-bond acceptors (Lipinski definition) is 3. The number of benzene rings is 1. The average Bonchev–Trinajstić information content (AvgIpc) is 2.37. The third kappa shape index (κ3) is 2.21. The molecule has 0 aliphatic heterocycles. The fraction of sp³-hybridized carbons (Fsp3) is 0.286. The van der Waals surface area contributed by atoms with Gasteiger partial charge in [-0.3, -0.25) is 4.79 Å². The lowest BCUT2D eigenvalue weighted by Crippen LogP contribution is -2.05. The van der Waals surface area contributed by atoms with Crippen molar-refractivity contribution < 1.29 is 4.42 Å². The molecule has 0 radical (unpaired) electrons. The van der Waals surface area contributed by atoms with Crippen molar-refractivity contribution in [1.29, 1.82) is 5.26 Å². The monoisotopic (exact) mass is 227 g/mol. The number of rotatable bonds is 3. The highest BCUT2D eigenvalue weighted by molar-refractivity contribution is 5.78. The van der Waals surface area contributed by atoms with Crippen LogP contribution in [-0.2, 0) is 6.42 Å². The van der Waals surface area contributed by atoms with Crippen LogP contribution in [0.1, 0.15) is 30.9 Å². The summed E-state index contributed by atoms with van der Waals surface area (Å²) in [5.74, 6) is 0. The van der Waals surface area contributed by atoms with Gasteiger partial charge < -0.3 is 4.42 Å². The molecule has 0 saturated carbocycles. The van der Waals surface area contributed by atoms with Gasteiger partial charge in [0, 0.05) is 0 Å². The van der Waals surface area contributed by atoms with Crippen molar-refractivity contribution in [1.82, 2.24) is 0 Å². The first-order valence-corrected chi connectivity index (χ1v) is 5.70. The van der Waals surface area contributed by atoms with Crippen LogP contribution in [0.2, 0.25) is 0 Å². The maximum Gasteiger partial charge on any atom is 0.210 e. The molecule has 17 heavy (non-hydrogen) atoms. The van der Waals surface area contributed by atoms with E-state index in [4.69, 9.17) is 9.68 Å². The highest BCUT2D eigenvalue weighted by atomic mass is 16.3. The van der Waals surface area contributed by atoms with Crippen LogP contribution in [0.4, 0.5) is 0 Å². The Balaban J connectivity index is 2.55. The molecule has 0 fully saturated rings. The standard InChI is InChI=1S/C14H13NO2/c1-2-3-4-10-5-6-13-12(7-10)14(16)11(8-15)9-17-13/h5-7,9H,2-4H2,1H3. The Labute approximate surface area is 99.3 Å². The third-order valence-electron chi connectivity index (χ3n) is 2.78. The molecule has 2 aromatic rings. The maximum atomic E-state index is 11.9. The average molecular weight is 227 g/mol. The predicted octanol–water partition coefficient (Wildman–Crippen LogP) is 3.01. The van der Waals surface area contributed by atoms with Crippen molar-refractivity contribution >= 4 is 11.0 Å². The second-order valence-corrected chi connectivity index (χ2v) is 4.02. The Bertz CT molecular complexity index is 635. The quantitative estimate of drug-likeness (QED) is 0.809. The van der Waals surface area contributed by atoms with E-state index < -0.39 is 0 Å². The van der Waals surface area contributed by atoms with Crippen molar-refractivity contribution in [2.45, 2.75) is 26.2 Å². The van der Waals surface area contributed by atoms with E-state index >= 15 is 0 Å². The van der Waals surface area contributed by atoms with Gasteiger partial charge in [-0.15, -0.1) is 0 Å². The fourth-order valence-corrected chi connectivity index (χ4v) is 1.79. The molecule has 1 aromatic heterocycles. The van der Waals surface area contributed by atoms with Crippen LogP contribution in [0.3, 0.4) is 0 Å². The van der Waals surface area contributed by atoms with Gasteiger partial charge >= 0.3 is 0 Å². The van der Waals surface area contributed by atoms with Crippen LogP contribution >= 0.6 is 0 Å². The highest BCUT2D eigenvalue weighted by Gasteiger charge is 2.06.